The molecule has 3 aromatic rings. The Bertz CT molecular complexity index is 1320. The molecule has 1 fully saturated rings. The van der Waals surface area contributed by atoms with Crippen LogP contribution in [0.4, 0.5) is 9.18 Å². The Labute approximate surface area is 201 Å². The van der Waals surface area contributed by atoms with Crippen LogP contribution in [0.5, 0.6) is 17.2 Å². The summed E-state index contributed by atoms with van der Waals surface area (Å²) in [7, 11) is 1.43. The van der Waals surface area contributed by atoms with Crippen LogP contribution < -0.4 is 14.8 Å². The predicted molar refractivity (Wildman–Crippen MR) is 125 cm³/mol. The molecule has 0 unspecified atom stereocenters. The predicted octanol–water partition coefficient (Wildman–Crippen LogP) is 5.29. The van der Waals surface area contributed by atoms with Crippen LogP contribution in [0.2, 0.25) is 0 Å². The summed E-state index contributed by atoms with van der Waals surface area (Å²) in [4.78, 5) is 36.7. The summed E-state index contributed by atoms with van der Waals surface area (Å²) in [5.74, 6) is -0.382. The third-order valence-electron chi connectivity index (χ3n) is 5.82. The van der Waals surface area contributed by atoms with Crippen LogP contribution in [0.15, 0.2) is 60.7 Å². The van der Waals surface area contributed by atoms with E-state index in [-0.39, 0.29) is 5.56 Å². The van der Waals surface area contributed by atoms with Crippen molar-refractivity contribution in [3.05, 3.63) is 88.7 Å². The highest BCUT2D eigenvalue weighted by Gasteiger charge is 2.46. The zero-order valence-electron chi connectivity index (χ0n) is 19.5. The second-order valence-corrected chi connectivity index (χ2v) is 8.25. The van der Waals surface area contributed by atoms with Crippen molar-refractivity contribution in [2.24, 2.45) is 0 Å². The highest BCUT2D eigenvalue weighted by molar-refractivity contribution is 6.09. The molecule has 0 bridgehead atoms. The molecule has 1 aliphatic rings. The number of amides is 2. The van der Waals surface area contributed by atoms with Gasteiger partial charge in [-0.2, -0.15) is 0 Å². The van der Waals surface area contributed by atoms with Gasteiger partial charge in [0.15, 0.2) is 5.78 Å². The highest BCUT2D eigenvalue weighted by Crippen LogP contribution is 2.34. The first-order chi connectivity index (χ1) is 16.7. The number of nitrogens with one attached hydrogen (secondary N) is 1. The number of methoxy groups -OCH3 is 1. The lowest BCUT2D eigenvalue weighted by Gasteiger charge is -2.20. The molecule has 1 atom stereocenters. The van der Waals surface area contributed by atoms with Gasteiger partial charge in [0.25, 0.3) is 5.91 Å². The Morgan fingerprint density at radius 2 is 1.86 bits per heavy atom. The maximum atomic E-state index is 14.5. The third kappa shape index (κ3) is 4.73. The maximum absolute atomic E-state index is 14.5. The number of ketones is 1. The number of halogens is 1. The van der Waals surface area contributed by atoms with Crippen LogP contribution in [-0.2, 0) is 21.6 Å². The number of hydrogen-bond donors (Lipinski definition) is 1. The van der Waals surface area contributed by atoms with Crippen LogP contribution >= 0.6 is 0 Å². The molecular formula is C27H24FNO6. The maximum Gasteiger partial charge on any atom is 0.415 e. The number of aryl methyl sites for hydroxylation is 1. The van der Waals surface area contributed by atoms with E-state index in [0.717, 1.165) is 12.0 Å². The number of alkyl carbamates (subject to hydrolysis) is 1. The summed E-state index contributed by atoms with van der Waals surface area (Å²) in [6.45, 7) is 3.50. The Kier molecular flexibility index (Phi) is 6.55. The molecule has 0 radical (unpaired) electrons. The largest absolute Gasteiger partial charge is 0.497 e. The lowest BCUT2D eigenvalue weighted by atomic mass is 9.95. The fourth-order valence-electron chi connectivity index (χ4n) is 3.89. The lowest BCUT2D eigenvalue weighted by molar-refractivity contribution is -0.130. The van der Waals surface area contributed by atoms with Crippen molar-refractivity contribution in [3.8, 4) is 17.2 Å². The SMILES string of the molecule is CCCc1cc(C(=O)c2ccc(OC)cc2F)ccc1Oc1cccc([C@@]2(C)OC(=O)NC2=O)c1. The molecule has 7 nitrogen and oxygen atoms in total. The number of hydrogen-bond acceptors (Lipinski definition) is 6. The fourth-order valence-corrected chi connectivity index (χ4v) is 3.89. The molecule has 1 saturated heterocycles. The second kappa shape index (κ2) is 9.58. The number of ether oxygens (including phenoxy) is 3. The van der Waals surface area contributed by atoms with Gasteiger partial charge in [-0.05, 0) is 61.4 Å². The molecule has 0 aliphatic carbocycles. The van der Waals surface area contributed by atoms with E-state index >= 15 is 0 Å². The van der Waals surface area contributed by atoms with E-state index in [1.54, 1.807) is 42.5 Å². The van der Waals surface area contributed by atoms with Gasteiger partial charge in [0.1, 0.15) is 23.1 Å². The van der Waals surface area contributed by atoms with E-state index in [1.807, 2.05) is 6.92 Å². The van der Waals surface area contributed by atoms with Crippen LogP contribution in [0.1, 0.15) is 47.3 Å². The van der Waals surface area contributed by atoms with Gasteiger partial charge < -0.3 is 14.2 Å². The number of carbonyl (C=O) groups excluding carboxylic acids is 3. The summed E-state index contributed by atoms with van der Waals surface area (Å²) in [6, 6.07) is 15.8. The van der Waals surface area contributed by atoms with Gasteiger partial charge in [-0.25, -0.2) is 9.18 Å². The van der Waals surface area contributed by atoms with E-state index in [0.29, 0.717) is 34.8 Å². The van der Waals surface area contributed by atoms with E-state index in [9.17, 15) is 18.8 Å². The van der Waals surface area contributed by atoms with Crippen LogP contribution in [0.25, 0.3) is 0 Å². The van der Waals surface area contributed by atoms with Gasteiger partial charge >= 0.3 is 6.09 Å². The molecule has 0 aromatic heterocycles. The van der Waals surface area contributed by atoms with E-state index in [2.05, 4.69) is 5.32 Å². The minimum Gasteiger partial charge on any atom is -0.497 e. The fraction of sp³-hybridized carbons (Fsp3) is 0.222. The van der Waals surface area contributed by atoms with Gasteiger partial charge in [0.2, 0.25) is 5.60 Å². The van der Waals surface area contributed by atoms with Gasteiger partial charge in [0, 0.05) is 17.2 Å². The molecule has 0 spiro atoms. The molecule has 1 heterocycles. The third-order valence-corrected chi connectivity index (χ3v) is 5.82. The summed E-state index contributed by atoms with van der Waals surface area (Å²) in [6.07, 6.45) is 0.612. The number of rotatable bonds is 8. The second-order valence-electron chi connectivity index (χ2n) is 8.25. The highest BCUT2D eigenvalue weighted by atomic mass is 19.1. The van der Waals surface area contributed by atoms with Crippen LogP contribution in [0, 0.1) is 5.82 Å². The van der Waals surface area contributed by atoms with E-state index < -0.39 is 29.2 Å². The average molecular weight is 477 g/mol. The zero-order valence-corrected chi connectivity index (χ0v) is 19.5. The first kappa shape index (κ1) is 23.9. The Balaban J connectivity index is 1.63. The van der Waals surface area contributed by atoms with Crippen molar-refractivity contribution in [1.29, 1.82) is 0 Å². The van der Waals surface area contributed by atoms with Crippen molar-refractivity contribution in [1.82, 2.24) is 5.32 Å². The summed E-state index contributed by atoms with van der Waals surface area (Å²) >= 11 is 0. The van der Waals surface area contributed by atoms with Crippen molar-refractivity contribution >= 4 is 17.8 Å². The minimum atomic E-state index is -1.46. The summed E-state index contributed by atoms with van der Waals surface area (Å²) < 4.78 is 30.7. The van der Waals surface area contributed by atoms with Crippen LogP contribution in [0.3, 0.4) is 0 Å². The molecular weight excluding hydrogens is 453 g/mol. The van der Waals surface area contributed by atoms with Gasteiger partial charge in [-0.3, -0.25) is 14.9 Å². The summed E-state index contributed by atoms with van der Waals surface area (Å²) in [5.41, 5.74) is 0.0560. The molecule has 4 rings (SSSR count). The number of imide groups is 1. The molecule has 0 saturated carbocycles. The van der Waals surface area contributed by atoms with Crippen molar-refractivity contribution in [2.75, 3.05) is 7.11 Å². The molecule has 2 amide bonds. The molecule has 1 N–H and O–H groups in total. The topological polar surface area (TPSA) is 90.9 Å². The van der Waals surface area contributed by atoms with Gasteiger partial charge in [-0.15, -0.1) is 0 Å². The Hall–Kier alpha value is -4.20. The normalized spacial score (nSPS) is 17.0. The van der Waals surface area contributed by atoms with Crippen molar-refractivity contribution in [2.45, 2.75) is 32.3 Å². The monoisotopic (exact) mass is 477 g/mol. The van der Waals surface area contributed by atoms with Crippen molar-refractivity contribution in [3.63, 3.8) is 0 Å². The molecule has 1 aliphatic heterocycles. The Morgan fingerprint density at radius 3 is 2.51 bits per heavy atom. The number of carbonyl (C=O) groups is 3. The average Bonchev–Trinajstić information content (AvgIpc) is 3.12. The standard InChI is InChI=1S/C27H24FNO6/c1-4-6-16-13-17(24(30)21-11-10-19(33-3)15-22(21)28)9-12-23(16)34-20-8-5-7-18(14-20)27(2)25(31)29-26(32)35-27/h5,7-15H,4,6H2,1-3H3,(H,29,31,32)/t27-/m1/s1. The Morgan fingerprint density at radius 1 is 1.06 bits per heavy atom. The molecule has 180 valence electrons. The van der Waals surface area contributed by atoms with E-state index in [1.165, 1.54) is 32.2 Å². The van der Waals surface area contributed by atoms with E-state index in [4.69, 9.17) is 14.2 Å². The van der Waals surface area contributed by atoms with Gasteiger partial charge in [0.05, 0.1) is 12.7 Å². The number of cyclic esters (lactones) is 1. The van der Waals surface area contributed by atoms with Crippen LogP contribution in [-0.4, -0.2) is 24.9 Å². The molecule has 8 heteroatoms. The number of benzene rings is 3. The molecule has 3 aromatic carbocycles. The minimum absolute atomic E-state index is 0.0488. The quantitative estimate of drug-likeness (QED) is 0.443. The smallest absolute Gasteiger partial charge is 0.415 e. The zero-order chi connectivity index (χ0) is 25.2. The lowest BCUT2D eigenvalue weighted by Crippen LogP contribution is -2.33. The summed E-state index contributed by atoms with van der Waals surface area (Å²) in [5, 5.41) is 2.13. The first-order valence-corrected chi connectivity index (χ1v) is 11.1. The van der Waals surface area contributed by atoms with Crippen molar-refractivity contribution < 1.29 is 33.0 Å². The van der Waals surface area contributed by atoms with Gasteiger partial charge in [-0.1, -0.05) is 25.5 Å². The first-order valence-electron chi connectivity index (χ1n) is 11.1. The molecule has 35 heavy (non-hydrogen) atoms.